The number of phenolic OH excluding ortho intramolecular Hbond substituents is 1. The topological polar surface area (TPSA) is 37.3 Å². The number of ketones is 1. The zero-order chi connectivity index (χ0) is 15.6. The van der Waals surface area contributed by atoms with Crippen molar-refractivity contribution in [2.45, 2.75) is 9.65 Å². The van der Waals surface area contributed by atoms with E-state index < -0.39 is 4.83 Å². The summed E-state index contributed by atoms with van der Waals surface area (Å²) < 4.78 is 0. The molecule has 2 aromatic carbocycles. The lowest BCUT2D eigenvalue weighted by Gasteiger charge is -2.17. The van der Waals surface area contributed by atoms with Crippen molar-refractivity contribution in [2.75, 3.05) is 0 Å². The second kappa shape index (κ2) is 7.14. The van der Waals surface area contributed by atoms with E-state index in [9.17, 15) is 9.90 Å². The van der Waals surface area contributed by atoms with Gasteiger partial charge in [0.15, 0.2) is 5.78 Å². The molecule has 0 aliphatic heterocycles. The molecular weight excluding hydrogens is 443 g/mol. The molecule has 0 radical (unpaired) electrons. The summed E-state index contributed by atoms with van der Waals surface area (Å²) in [6.45, 7) is 0. The zero-order valence-electron chi connectivity index (χ0n) is 10.6. The van der Waals surface area contributed by atoms with Gasteiger partial charge in [-0.1, -0.05) is 85.4 Å². The minimum atomic E-state index is -0.569. The first-order valence-electron chi connectivity index (χ1n) is 5.97. The van der Waals surface area contributed by atoms with Gasteiger partial charge in [0, 0.05) is 5.02 Å². The van der Waals surface area contributed by atoms with Crippen molar-refractivity contribution in [1.29, 1.82) is 0 Å². The Kier molecular flexibility index (Phi) is 5.72. The fraction of sp³-hybridized carbons (Fsp3) is 0.133. The number of halogens is 4. The van der Waals surface area contributed by atoms with Crippen molar-refractivity contribution in [2.24, 2.45) is 0 Å². The second-order valence-corrected chi connectivity index (χ2v) is 7.18. The van der Waals surface area contributed by atoms with Gasteiger partial charge in [-0.2, -0.15) is 0 Å². The van der Waals surface area contributed by atoms with Crippen LogP contribution in [0.25, 0.3) is 0 Å². The number of carbonyl (C=O) groups excluding carboxylic acids is 1. The van der Waals surface area contributed by atoms with Crippen LogP contribution in [0.15, 0.2) is 42.5 Å². The first kappa shape index (κ1) is 16.8. The van der Waals surface area contributed by atoms with Gasteiger partial charge >= 0.3 is 0 Å². The van der Waals surface area contributed by atoms with Crippen LogP contribution in [0.2, 0.25) is 10.0 Å². The standard InChI is InChI=1S/C15H10Br2Cl2O2/c16-12(8-4-2-1-3-5-8)13(17)15(21)10-6-9(18)7-11(19)14(10)20/h1-7,12-13,20H/t12-,13-/m0/s1. The van der Waals surface area contributed by atoms with Gasteiger partial charge in [-0.3, -0.25) is 4.79 Å². The minimum Gasteiger partial charge on any atom is -0.506 e. The Bertz CT molecular complexity index is 662. The molecule has 0 fully saturated rings. The quantitative estimate of drug-likeness (QED) is 0.471. The van der Waals surface area contributed by atoms with Crippen molar-refractivity contribution < 1.29 is 9.90 Å². The lowest BCUT2D eigenvalue weighted by molar-refractivity contribution is 0.0988. The molecule has 2 nitrogen and oxygen atoms in total. The Morgan fingerprint density at radius 3 is 2.33 bits per heavy atom. The zero-order valence-corrected chi connectivity index (χ0v) is 15.2. The van der Waals surface area contributed by atoms with Gasteiger partial charge in [0.1, 0.15) is 5.75 Å². The number of rotatable bonds is 4. The van der Waals surface area contributed by atoms with Gasteiger partial charge < -0.3 is 5.11 Å². The predicted molar refractivity (Wildman–Crippen MR) is 93.3 cm³/mol. The monoisotopic (exact) mass is 450 g/mol. The van der Waals surface area contributed by atoms with Gasteiger partial charge in [-0.25, -0.2) is 0 Å². The molecule has 1 N–H and O–H groups in total. The van der Waals surface area contributed by atoms with Crippen LogP contribution < -0.4 is 0 Å². The number of benzene rings is 2. The first-order chi connectivity index (χ1) is 9.91. The van der Waals surface area contributed by atoms with Crippen molar-refractivity contribution in [3.63, 3.8) is 0 Å². The van der Waals surface area contributed by atoms with Gasteiger partial charge in [0.25, 0.3) is 0 Å². The van der Waals surface area contributed by atoms with Crippen molar-refractivity contribution >= 4 is 60.8 Å². The van der Waals surface area contributed by atoms with Crippen LogP contribution in [-0.4, -0.2) is 15.7 Å². The van der Waals surface area contributed by atoms with E-state index in [0.29, 0.717) is 5.02 Å². The highest BCUT2D eigenvalue weighted by Crippen LogP contribution is 2.37. The minimum absolute atomic E-state index is 0.0522. The summed E-state index contributed by atoms with van der Waals surface area (Å²) in [4.78, 5) is 11.7. The Hall–Kier alpha value is -0.550. The SMILES string of the molecule is O=C(c1cc(Cl)cc(Cl)c1O)[C@@H](Br)[C@@H](Br)c1ccccc1. The molecule has 2 rings (SSSR count). The van der Waals surface area contributed by atoms with E-state index in [0.717, 1.165) is 5.56 Å². The summed E-state index contributed by atoms with van der Waals surface area (Å²) >= 11 is 18.6. The molecule has 0 aromatic heterocycles. The Morgan fingerprint density at radius 1 is 1.10 bits per heavy atom. The summed E-state index contributed by atoms with van der Waals surface area (Å²) in [7, 11) is 0. The van der Waals surface area contributed by atoms with E-state index in [2.05, 4.69) is 31.9 Å². The smallest absolute Gasteiger partial charge is 0.181 e. The fourth-order valence-corrected chi connectivity index (χ4v) is 3.43. The van der Waals surface area contributed by atoms with Crippen LogP contribution in [0, 0.1) is 0 Å². The third-order valence-electron chi connectivity index (χ3n) is 2.92. The van der Waals surface area contributed by atoms with E-state index >= 15 is 0 Å². The molecule has 0 saturated heterocycles. The average molecular weight is 453 g/mol. The molecule has 2 atom stereocenters. The molecule has 110 valence electrons. The van der Waals surface area contributed by atoms with Gasteiger partial charge in [0.2, 0.25) is 0 Å². The molecule has 0 aliphatic rings. The molecule has 21 heavy (non-hydrogen) atoms. The molecule has 0 unspecified atom stereocenters. The summed E-state index contributed by atoms with van der Waals surface area (Å²) in [5.41, 5.74) is 1.04. The molecule has 0 saturated carbocycles. The van der Waals surface area contributed by atoms with Gasteiger partial charge in [0.05, 0.1) is 20.2 Å². The molecule has 0 aliphatic carbocycles. The molecular formula is C15H10Br2Cl2O2. The third kappa shape index (κ3) is 3.81. The summed E-state index contributed by atoms with van der Waals surface area (Å²) in [5.74, 6) is -0.564. The van der Waals surface area contributed by atoms with E-state index in [1.807, 2.05) is 30.3 Å². The summed E-state index contributed by atoms with van der Waals surface area (Å²) in [6, 6.07) is 12.3. The number of hydrogen-bond acceptors (Lipinski definition) is 2. The maximum Gasteiger partial charge on any atom is 0.181 e. The highest BCUT2D eigenvalue weighted by atomic mass is 79.9. The Labute approximate surface area is 149 Å². The van der Waals surface area contributed by atoms with Crippen molar-refractivity contribution in [3.05, 3.63) is 63.6 Å². The van der Waals surface area contributed by atoms with Crippen molar-refractivity contribution in [1.82, 2.24) is 0 Å². The molecule has 6 heteroatoms. The number of phenols is 1. The number of aromatic hydroxyl groups is 1. The molecule has 2 aromatic rings. The average Bonchev–Trinajstić information content (AvgIpc) is 2.49. The molecule has 0 heterocycles. The number of alkyl halides is 2. The van der Waals surface area contributed by atoms with Crippen LogP contribution in [0.5, 0.6) is 5.75 Å². The van der Waals surface area contributed by atoms with Crippen LogP contribution in [0.3, 0.4) is 0 Å². The van der Waals surface area contributed by atoms with E-state index in [1.165, 1.54) is 12.1 Å². The van der Waals surface area contributed by atoms with Crippen LogP contribution in [0.1, 0.15) is 20.7 Å². The predicted octanol–water partition coefficient (Wildman–Crippen LogP) is 5.78. The van der Waals surface area contributed by atoms with Crippen LogP contribution in [-0.2, 0) is 0 Å². The maximum absolute atomic E-state index is 12.5. The van der Waals surface area contributed by atoms with E-state index in [4.69, 9.17) is 23.2 Å². The van der Waals surface area contributed by atoms with Gasteiger partial charge in [-0.15, -0.1) is 0 Å². The van der Waals surface area contributed by atoms with Gasteiger partial charge in [-0.05, 0) is 17.7 Å². The highest BCUT2D eigenvalue weighted by molar-refractivity contribution is 9.12. The van der Waals surface area contributed by atoms with E-state index in [1.54, 1.807) is 0 Å². The van der Waals surface area contributed by atoms with Crippen molar-refractivity contribution in [3.8, 4) is 5.75 Å². The third-order valence-corrected chi connectivity index (χ3v) is 6.14. The Morgan fingerprint density at radius 2 is 1.71 bits per heavy atom. The molecule has 0 bridgehead atoms. The van der Waals surface area contributed by atoms with Crippen LogP contribution in [0.4, 0.5) is 0 Å². The summed E-state index contributed by atoms with van der Waals surface area (Å²) in [6.07, 6.45) is 0. The number of Topliss-reactive ketones (excluding diaryl/α,β-unsaturated/α-hetero) is 1. The first-order valence-corrected chi connectivity index (χ1v) is 8.56. The maximum atomic E-state index is 12.5. The largest absolute Gasteiger partial charge is 0.506 e. The lowest BCUT2D eigenvalue weighted by atomic mass is 10.0. The second-order valence-electron chi connectivity index (χ2n) is 4.36. The molecule has 0 amide bonds. The van der Waals surface area contributed by atoms with Crippen LogP contribution >= 0.6 is 55.1 Å². The Balaban J connectivity index is 2.32. The highest BCUT2D eigenvalue weighted by Gasteiger charge is 2.28. The number of carbonyl (C=O) groups is 1. The lowest BCUT2D eigenvalue weighted by Crippen LogP contribution is -2.19. The number of hydrogen-bond donors (Lipinski definition) is 1. The van der Waals surface area contributed by atoms with E-state index in [-0.39, 0.29) is 26.9 Å². The fourth-order valence-electron chi connectivity index (χ4n) is 1.84. The molecule has 0 spiro atoms. The summed E-state index contributed by atoms with van der Waals surface area (Å²) in [5, 5.41) is 10.3. The normalized spacial score (nSPS) is 13.7.